The minimum Gasteiger partial charge on any atom is -0.494 e. The molecule has 0 radical (unpaired) electrons. The number of anilines is 2. The number of aliphatic carboxylic acids is 1. The van der Waals surface area contributed by atoms with E-state index in [-0.39, 0.29) is 18.2 Å². The molecule has 2 N–H and O–H groups in total. The number of ether oxygens (including phenoxy) is 2. The van der Waals surface area contributed by atoms with Crippen LogP contribution in [0.4, 0.5) is 16.2 Å². The quantitative estimate of drug-likeness (QED) is 0.789. The third-order valence-electron chi connectivity index (χ3n) is 4.53. The lowest BCUT2D eigenvalue weighted by Gasteiger charge is -2.39. The first-order valence-electron chi connectivity index (χ1n) is 8.95. The first-order chi connectivity index (χ1) is 12.6. The number of carboxylic acids is 1. The Morgan fingerprint density at radius 1 is 1.44 bits per heavy atom. The third kappa shape index (κ3) is 5.50. The average Bonchev–Trinajstić information content (AvgIpc) is 2.60. The van der Waals surface area contributed by atoms with E-state index in [1.165, 1.54) is 4.90 Å². The van der Waals surface area contributed by atoms with E-state index in [1.54, 1.807) is 27.1 Å². The van der Waals surface area contributed by atoms with Gasteiger partial charge in [0.2, 0.25) is 0 Å². The van der Waals surface area contributed by atoms with Gasteiger partial charge in [0, 0.05) is 38.4 Å². The van der Waals surface area contributed by atoms with E-state index in [2.05, 4.69) is 24.1 Å². The molecule has 1 fully saturated rings. The van der Waals surface area contributed by atoms with E-state index >= 15 is 0 Å². The van der Waals surface area contributed by atoms with Gasteiger partial charge < -0.3 is 29.7 Å². The number of morpholine rings is 1. The van der Waals surface area contributed by atoms with Gasteiger partial charge in [-0.05, 0) is 26.0 Å². The first-order valence-corrected chi connectivity index (χ1v) is 8.95. The van der Waals surface area contributed by atoms with Gasteiger partial charge in [-0.25, -0.2) is 4.79 Å². The van der Waals surface area contributed by atoms with Crippen LogP contribution in [0.2, 0.25) is 0 Å². The fourth-order valence-electron chi connectivity index (χ4n) is 3.00. The minimum atomic E-state index is -0.940. The van der Waals surface area contributed by atoms with Crippen molar-refractivity contribution in [3.63, 3.8) is 0 Å². The van der Waals surface area contributed by atoms with Crippen LogP contribution in [0.5, 0.6) is 5.75 Å². The predicted molar refractivity (Wildman–Crippen MR) is 104 cm³/mol. The number of hydrogen-bond acceptors (Lipinski definition) is 5. The zero-order valence-corrected chi connectivity index (χ0v) is 16.6. The Hall–Kier alpha value is -2.48. The van der Waals surface area contributed by atoms with Gasteiger partial charge in [-0.1, -0.05) is 6.92 Å². The van der Waals surface area contributed by atoms with Crippen LogP contribution < -0.4 is 15.0 Å². The molecule has 1 unspecified atom stereocenters. The summed E-state index contributed by atoms with van der Waals surface area (Å²) >= 11 is 0. The summed E-state index contributed by atoms with van der Waals surface area (Å²) in [5.41, 5.74) is 1.31. The van der Waals surface area contributed by atoms with Gasteiger partial charge >= 0.3 is 12.0 Å². The van der Waals surface area contributed by atoms with E-state index in [0.717, 1.165) is 18.8 Å². The maximum atomic E-state index is 12.3. The van der Waals surface area contributed by atoms with Gasteiger partial charge in [-0.2, -0.15) is 0 Å². The van der Waals surface area contributed by atoms with Crippen molar-refractivity contribution in [3.8, 4) is 5.75 Å². The second-order valence-corrected chi connectivity index (χ2v) is 7.46. The maximum absolute atomic E-state index is 12.3. The zero-order valence-electron chi connectivity index (χ0n) is 16.6. The third-order valence-corrected chi connectivity index (χ3v) is 4.53. The van der Waals surface area contributed by atoms with Gasteiger partial charge in [0.15, 0.2) is 0 Å². The lowest BCUT2D eigenvalue weighted by Crippen LogP contribution is -2.48. The average molecular weight is 379 g/mol. The lowest BCUT2D eigenvalue weighted by atomic mass is 10.1. The second-order valence-electron chi connectivity index (χ2n) is 7.46. The molecular weight excluding hydrogens is 350 g/mol. The number of hydrogen-bond donors (Lipinski definition) is 2. The first kappa shape index (κ1) is 20.8. The van der Waals surface area contributed by atoms with Gasteiger partial charge in [0.05, 0.1) is 30.9 Å². The lowest BCUT2D eigenvalue weighted by molar-refractivity contribution is -0.141. The van der Waals surface area contributed by atoms with E-state index in [9.17, 15) is 9.59 Å². The summed E-state index contributed by atoms with van der Waals surface area (Å²) in [5, 5.41) is 11.8. The van der Waals surface area contributed by atoms with Crippen molar-refractivity contribution < 1.29 is 24.2 Å². The number of urea groups is 1. The van der Waals surface area contributed by atoms with Crippen LogP contribution in [0.1, 0.15) is 20.8 Å². The zero-order chi connectivity index (χ0) is 20.2. The van der Waals surface area contributed by atoms with Crippen LogP contribution >= 0.6 is 0 Å². The Bertz CT molecular complexity index is 692. The van der Waals surface area contributed by atoms with Crippen molar-refractivity contribution in [2.45, 2.75) is 26.4 Å². The molecular formula is C19H29N3O5. The highest BCUT2D eigenvalue weighted by atomic mass is 16.5. The molecule has 1 saturated heterocycles. The molecule has 8 heteroatoms. The highest BCUT2D eigenvalue weighted by Crippen LogP contribution is 2.32. The predicted octanol–water partition coefficient (Wildman–Crippen LogP) is 2.49. The largest absolute Gasteiger partial charge is 0.494 e. The normalized spacial score (nSPS) is 17.1. The van der Waals surface area contributed by atoms with Crippen molar-refractivity contribution in [1.29, 1.82) is 0 Å². The van der Waals surface area contributed by atoms with Crippen LogP contribution in [0, 0.1) is 5.92 Å². The summed E-state index contributed by atoms with van der Waals surface area (Å²) in [7, 11) is 3.11. The second kappa shape index (κ2) is 8.47. The van der Waals surface area contributed by atoms with E-state index in [0.29, 0.717) is 18.0 Å². The van der Waals surface area contributed by atoms with E-state index in [1.807, 2.05) is 12.1 Å². The number of amides is 2. The molecule has 27 heavy (non-hydrogen) atoms. The Morgan fingerprint density at radius 2 is 2.15 bits per heavy atom. The van der Waals surface area contributed by atoms with Crippen LogP contribution in [-0.2, 0) is 9.53 Å². The number of nitrogens with zero attached hydrogens (tertiary/aromatic N) is 2. The van der Waals surface area contributed by atoms with Crippen molar-refractivity contribution in [2.24, 2.45) is 5.92 Å². The summed E-state index contributed by atoms with van der Waals surface area (Å²) in [4.78, 5) is 26.9. The standard InChI is InChI=1S/C19H29N3O5/c1-13(17(23)24)11-21(4)18(25)20-15-7-6-14(10-16(15)26-5)22-8-9-27-19(2,3)12-22/h6-7,10,13H,8-9,11-12H2,1-5H3,(H,20,25)(H,23,24). The van der Waals surface area contributed by atoms with Crippen LogP contribution in [0.25, 0.3) is 0 Å². The minimum absolute atomic E-state index is 0.116. The number of nitrogens with one attached hydrogen (secondary N) is 1. The smallest absolute Gasteiger partial charge is 0.321 e. The molecule has 1 aromatic carbocycles. The molecule has 150 valence electrons. The summed E-state index contributed by atoms with van der Waals surface area (Å²) in [6.45, 7) is 7.99. The van der Waals surface area contributed by atoms with E-state index in [4.69, 9.17) is 14.6 Å². The van der Waals surface area contributed by atoms with Crippen LogP contribution in [0.15, 0.2) is 18.2 Å². The number of carbonyl (C=O) groups excluding carboxylic acids is 1. The molecule has 0 spiro atoms. The molecule has 0 aromatic heterocycles. The van der Waals surface area contributed by atoms with E-state index < -0.39 is 11.9 Å². The van der Waals surface area contributed by atoms with Gasteiger partial charge in [0.1, 0.15) is 5.75 Å². The molecule has 1 atom stereocenters. The van der Waals surface area contributed by atoms with Crippen molar-refractivity contribution in [1.82, 2.24) is 4.90 Å². The molecule has 0 aliphatic carbocycles. The highest BCUT2D eigenvalue weighted by molar-refractivity contribution is 5.91. The SMILES string of the molecule is COc1cc(N2CCOC(C)(C)C2)ccc1NC(=O)N(C)CC(C)C(=O)O. The van der Waals surface area contributed by atoms with Crippen LogP contribution in [0.3, 0.4) is 0 Å². The number of carbonyl (C=O) groups is 2. The fourth-order valence-corrected chi connectivity index (χ4v) is 3.00. The number of methoxy groups -OCH3 is 1. The maximum Gasteiger partial charge on any atom is 0.321 e. The summed E-state index contributed by atoms with van der Waals surface area (Å²) in [6.07, 6.45) is 0. The van der Waals surface area contributed by atoms with Gasteiger partial charge in [-0.3, -0.25) is 4.79 Å². The molecule has 2 amide bonds. The summed E-state index contributed by atoms with van der Waals surface area (Å²) in [5.74, 6) is -1.04. The number of carboxylic acid groups (broad SMARTS) is 1. The van der Waals surface area contributed by atoms with Gasteiger partial charge in [0.25, 0.3) is 0 Å². The Kier molecular flexibility index (Phi) is 6.54. The Morgan fingerprint density at radius 3 is 2.74 bits per heavy atom. The molecule has 0 bridgehead atoms. The molecule has 1 heterocycles. The Labute approximate surface area is 160 Å². The number of rotatable bonds is 6. The van der Waals surface area contributed by atoms with Crippen molar-refractivity contribution in [3.05, 3.63) is 18.2 Å². The van der Waals surface area contributed by atoms with Gasteiger partial charge in [-0.15, -0.1) is 0 Å². The Balaban J connectivity index is 2.09. The van der Waals surface area contributed by atoms with Crippen molar-refractivity contribution >= 4 is 23.4 Å². The summed E-state index contributed by atoms with van der Waals surface area (Å²) in [6, 6.07) is 5.22. The molecule has 0 saturated carbocycles. The fraction of sp³-hybridized carbons (Fsp3) is 0.579. The molecule has 1 aliphatic heterocycles. The monoisotopic (exact) mass is 379 g/mol. The number of benzene rings is 1. The molecule has 1 aliphatic rings. The summed E-state index contributed by atoms with van der Waals surface area (Å²) < 4.78 is 11.2. The molecule has 2 rings (SSSR count). The molecule has 8 nitrogen and oxygen atoms in total. The van der Waals surface area contributed by atoms with Crippen molar-refractivity contribution in [2.75, 3.05) is 50.6 Å². The topological polar surface area (TPSA) is 91.3 Å². The molecule has 1 aromatic rings. The highest BCUT2D eigenvalue weighted by Gasteiger charge is 2.28. The van der Waals surface area contributed by atoms with Crippen LogP contribution in [-0.4, -0.2) is 68.0 Å².